The topological polar surface area (TPSA) is 151 Å². The third-order valence-corrected chi connectivity index (χ3v) is 9.42. The molecule has 2 aliphatic heterocycles. The molecule has 2 fully saturated rings. The van der Waals surface area contributed by atoms with Gasteiger partial charge in [0.15, 0.2) is 0 Å². The number of β-amino-alcohol motifs (C(OH)–C–C–N with tert-alkyl or cyclic N) is 1. The van der Waals surface area contributed by atoms with Crippen LogP contribution >= 0.6 is 0 Å². The molecule has 4 atom stereocenters. The molecule has 3 amide bonds. The zero-order chi connectivity index (χ0) is 37.0. The predicted octanol–water partition coefficient (Wildman–Crippen LogP) is 3.57. The maximum Gasteiger partial charge on any atom is 0.410 e. The van der Waals surface area contributed by atoms with Crippen molar-refractivity contribution in [3.05, 3.63) is 53.7 Å². The van der Waals surface area contributed by atoms with Crippen LogP contribution in [-0.4, -0.2) is 120 Å². The Bertz CT molecular complexity index is 1680. The average Bonchev–Trinajstić information content (AvgIpc) is 3.82. The van der Waals surface area contributed by atoms with Crippen LogP contribution in [-0.2, 0) is 20.9 Å². The number of piperazine rings is 1. The Morgan fingerprint density at radius 3 is 2.45 bits per heavy atom. The standard InChI is InChI=1S/C36H52FN9O5/c1-8-45-30(11-13-38-45)27-10-9-25(19-28(27)37)29(12-14-42-15-17-43(18-16-42)35(50)51-36(5,6)7)39-33(48)31-20-26(47)22-44(31)34(49)32(23(2)3)46-21-24(4)40-41-46/h9-11,13,19,21,23,26,29,31-32,47H,8,12,14-18,20,22H2,1-7H3,(H,39,48)/t26-,29+,31+,32+/m1/s1. The smallest absolute Gasteiger partial charge is 0.410 e. The van der Waals surface area contributed by atoms with Crippen molar-refractivity contribution in [1.29, 1.82) is 0 Å². The summed E-state index contributed by atoms with van der Waals surface area (Å²) in [5.74, 6) is -1.35. The van der Waals surface area contributed by atoms with Gasteiger partial charge in [0.05, 0.1) is 23.5 Å². The van der Waals surface area contributed by atoms with Gasteiger partial charge in [0, 0.05) is 70.2 Å². The van der Waals surface area contributed by atoms with Gasteiger partial charge in [-0.2, -0.15) is 5.10 Å². The molecule has 3 aromatic rings. The van der Waals surface area contributed by atoms with Crippen LogP contribution in [0.15, 0.2) is 36.7 Å². The van der Waals surface area contributed by atoms with Crippen LogP contribution in [0.1, 0.15) is 77.7 Å². The fraction of sp³-hybridized carbons (Fsp3) is 0.611. The highest BCUT2D eigenvalue weighted by molar-refractivity contribution is 5.90. The van der Waals surface area contributed by atoms with Crippen molar-refractivity contribution in [3.8, 4) is 11.3 Å². The van der Waals surface area contributed by atoms with E-state index < -0.39 is 41.6 Å². The number of amides is 3. The van der Waals surface area contributed by atoms with Gasteiger partial charge in [-0.3, -0.25) is 19.2 Å². The second-order valence-electron chi connectivity index (χ2n) is 14.9. The number of likely N-dealkylation sites (tertiary alicyclic amines) is 1. The number of nitrogens with one attached hydrogen (secondary N) is 1. The van der Waals surface area contributed by atoms with Gasteiger partial charge in [0.25, 0.3) is 0 Å². The van der Waals surface area contributed by atoms with E-state index in [0.29, 0.717) is 68.2 Å². The van der Waals surface area contributed by atoms with Gasteiger partial charge >= 0.3 is 6.09 Å². The summed E-state index contributed by atoms with van der Waals surface area (Å²) >= 11 is 0. The number of aromatic nitrogens is 5. The van der Waals surface area contributed by atoms with Crippen LogP contribution in [0.4, 0.5) is 9.18 Å². The molecule has 278 valence electrons. The van der Waals surface area contributed by atoms with Gasteiger partial charge in [0.2, 0.25) is 11.8 Å². The van der Waals surface area contributed by atoms with Gasteiger partial charge in [-0.25, -0.2) is 13.9 Å². The number of benzene rings is 1. The third-order valence-electron chi connectivity index (χ3n) is 9.42. The molecule has 2 aromatic heterocycles. The fourth-order valence-corrected chi connectivity index (χ4v) is 6.83. The minimum atomic E-state index is -0.929. The SMILES string of the molecule is CCn1nccc1-c1ccc([C@H](CCN2CCN(C(=O)OC(C)(C)C)CC2)NC(=O)[C@@H]2C[C@@H](O)CN2C(=O)[C@H](C(C)C)n2cc(C)nn2)cc1F. The Labute approximate surface area is 298 Å². The predicted molar refractivity (Wildman–Crippen MR) is 188 cm³/mol. The first-order valence-corrected chi connectivity index (χ1v) is 17.8. The molecule has 0 aliphatic carbocycles. The maximum atomic E-state index is 15.8. The minimum absolute atomic E-state index is 0.00878. The van der Waals surface area contributed by atoms with Gasteiger partial charge < -0.3 is 25.0 Å². The molecule has 14 nitrogen and oxygen atoms in total. The monoisotopic (exact) mass is 709 g/mol. The van der Waals surface area contributed by atoms with Crippen LogP contribution in [0.25, 0.3) is 11.3 Å². The molecule has 2 saturated heterocycles. The summed E-state index contributed by atoms with van der Waals surface area (Å²) in [7, 11) is 0. The van der Waals surface area contributed by atoms with E-state index in [9.17, 15) is 19.5 Å². The van der Waals surface area contributed by atoms with E-state index >= 15 is 4.39 Å². The molecule has 0 unspecified atom stereocenters. The average molecular weight is 710 g/mol. The first-order chi connectivity index (χ1) is 24.1. The molecular formula is C36H52FN9O5. The quantitative estimate of drug-likeness (QED) is 0.305. The lowest BCUT2D eigenvalue weighted by Crippen LogP contribution is -2.51. The van der Waals surface area contributed by atoms with Crippen molar-refractivity contribution >= 4 is 17.9 Å². The van der Waals surface area contributed by atoms with Crippen molar-refractivity contribution in [1.82, 2.24) is 44.8 Å². The molecule has 51 heavy (non-hydrogen) atoms. The Morgan fingerprint density at radius 2 is 1.84 bits per heavy atom. The second-order valence-corrected chi connectivity index (χ2v) is 14.9. The van der Waals surface area contributed by atoms with Crippen LogP contribution in [0.2, 0.25) is 0 Å². The van der Waals surface area contributed by atoms with E-state index in [0.717, 1.165) is 0 Å². The molecule has 2 N–H and O–H groups in total. The van der Waals surface area contributed by atoms with E-state index in [-0.39, 0.29) is 30.9 Å². The summed E-state index contributed by atoms with van der Waals surface area (Å²) < 4.78 is 24.6. The number of nitrogens with zero attached hydrogens (tertiary/aromatic N) is 8. The number of hydrogen-bond donors (Lipinski definition) is 2. The highest BCUT2D eigenvalue weighted by Gasteiger charge is 2.43. The number of aryl methyl sites for hydroxylation is 2. The van der Waals surface area contributed by atoms with Gasteiger partial charge in [-0.1, -0.05) is 25.1 Å². The number of aliphatic hydroxyl groups excluding tert-OH is 1. The summed E-state index contributed by atoms with van der Waals surface area (Å²) in [6, 6.07) is 4.48. The van der Waals surface area contributed by atoms with E-state index in [4.69, 9.17) is 4.74 Å². The summed E-state index contributed by atoms with van der Waals surface area (Å²) in [6.07, 6.45) is 2.62. The largest absolute Gasteiger partial charge is 0.444 e. The summed E-state index contributed by atoms with van der Waals surface area (Å²) in [4.78, 5) is 46.0. The summed E-state index contributed by atoms with van der Waals surface area (Å²) in [5.41, 5.74) is 1.72. The van der Waals surface area contributed by atoms with Crippen molar-refractivity contribution in [3.63, 3.8) is 0 Å². The zero-order valence-corrected chi connectivity index (χ0v) is 30.8. The molecule has 0 spiro atoms. The van der Waals surface area contributed by atoms with Crippen LogP contribution < -0.4 is 5.32 Å². The Morgan fingerprint density at radius 1 is 1.12 bits per heavy atom. The molecule has 5 rings (SSSR count). The number of aliphatic hydroxyl groups is 1. The van der Waals surface area contributed by atoms with E-state index in [1.54, 1.807) is 41.0 Å². The number of carbonyl (C=O) groups excluding carboxylic acids is 3. The molecule has 15 heteroatoms. The Kier molecular flexibility index (Phi) is 11.8. The second kappa shape index (κ2) is 15.9. The first-order valence-electron chi connectivity index (χ1n) is 17.8. The van der Waals surface area contributed by atoms with Gasteiger partial charge in [0.1, 0.15) is 23.5 Å². The van der Waals surface area contributed by atoms with Crippen LogP contribution in [0.5, 0.6) is 0 Å². The maximum absolute atomic E-state index is 15.8. The normalized spacial score (nSPS) is 19.7. The van der Waals surface area contributed by atoms with E-state index in [1.807, 2.05) is 47.6 Å². The van der Waals surface area contributed by atoms with Crippen molar-refractivity contribution < 1.29 is 28.6 Å². The molecule has 0 bridgehead atoms. The number of hydrogen-bond acceptors (Lipinski definition) is 9. The number of ether oxygens (including phenoxy) is 1. The molecule has 4 heterocycles. The third kappa shape index (κ3) is 9.11. The Balaban J connectivity index is 1.35. The van der Waals surface area contributed by atoms with E-state index in [1.165, 1.54) is 15.6 Å². The lowest BCUT2D eigenvalue weighted by molar-refractivity contribution is -0.142. The number of carbonyl (C=O) groups is 3. The molecule has 1 aromatic carbocycles. The Hall–Kier alpha value is -4.37. The minimum Gasteiger partial charge on any atom is -0.444 e. The van der Waals surface area contributed by atoms with E-state index in [2.05, 4.69) is 25.6 Å². The number of rotatable bonds is 11. The first kappa shape index (κ1) is 37.9. The van der Waals surface area contributed by atoms with Crippen LogP contribution in [0.3, 0.4) is 0 Å². The van der Waals surface area contributed by atoms with Crippen molar-refractivity contribution in [2.75, 3.05) is 39.3 Å². The lowest BCUT2D eigenvalue weighted by Gasteiger charge is -2.36. The molecule has 0 radical (unpaired) electrons. The van der Waals surface area contributed by atoms with Gasteiger partial charge in [-0.15, -0.1) is 5.10 Å². The summed E-state index contributed by atoms with van der Waals surface area (Å²) in [6.45, 7) is 16.4. The molecular weight excluding hydrogens is 657 g/mol. The van der Waals surface area contributed by atoms with Gasteiger partial charge in [-0.05, 0) is 70.7 Å². The fourth-order valence-electron chi connectivity index (χ4n) is 6.83. The highest BCUT2D eigenvalue weighted by atomic mass is 19.1. The number of halogens is 1. The van der Waals surface area contributed by atoms with Crippen molar-refractivity contribution in [2.24, 2.45) is 5.92 Å². The molecule has 0 saturated carbocycles. The highest BCUT2D eigenvalue weighted by Crippen LogP contribution is 2.30. The van der Waals surface area contributed by atoms with Crippen molar-refractivity contribution in [2.45, 2.75) is 97.7 Å². The summed E-state index contributed by atoms with van der Waals surface area (Å²) in [5, 5.41) is 26.3. The zero-order valence-electron chi connectivity index (χ0n) is 30.8. The molecule has 2 aliphatic rings. The lowest BCUT2D eigenvalue weighted by atomic mass is 9.99. The van der Waals surface area contributed by atoms with Crippen LogP contribution in [0, 0.1) is 18.7 Å².